The molecule has 3 heteroatoms. The van der Waals surface area contributed by atoms with Crippen LogP contribution < -0.4 is 0 Å². The van der Waals surface area contributed by atoms with Crippen LogP contribution in [0.15, 0.2) is 0 Å². The van der Waals surface area contributed by atoms with E-state index in [9.17, 15) is 4.79 Å². The van der Waals surface area contributed by atoms with E-state index in [2.05, 4.69) is 16.8 Å². The van der Waals surface area contributed by atoms with Gasteiger partial charge in [-0.1, -0.05) is 0 Å². The zero-order valence-electron chi connectivity index (χ0n) is 10.8. The summed E-state index contributed by atoms with van der Waals surface area (Å²) in [5, 5.41) is 0. The lowest BCUT2D eigenvalue weighted by molar-refractivity contribution is -0.125. The van der Waals surface area contributed by atoms with E-state index in [1.165, 1.54) is 12.8 Å². The third kappa shape index (κ3) is 2.46. The molecule has 16 heavy (non-hydrogen) atoms. The predicted molar refractivity (Wildman–Crippen MR) is 65.5 cm³/mol. The summed E-state index contributed by atoms with van der Waals surface area (Å²) in [6.45, 7) is 0.903. The molecule has 0 radical (unpaired) electrons. The summed E-state index contributed by atoms with van der Waals surface area (Å²) in [5.74, 6) is 0.854. The van der Waals surface area contributed by atoms with Gasteiger partial charge in [-0.25, -0.2) is 0 Å². The second kappa shape index (κ2) is 4.84. The highest BCUT2D eigenvalue weighted by Gasteiger charge is 2.40. The van der Waals surface area contributed by atoms with Crippen molar-refractivity contribution in [2.75, 3.05) is 27.7 Å². The van der Waals surface area contributed by atoms with Crippen LogP contribution in [0.1, 0.15) is 32.1 Å². The fourth-order valence-corrected chi connectivity index (χ4v) is 3.21. The first-order valence-electron chi connectivity index (χ1n) is 6.47. The van der Waals surface area contributed by atoms with Crippen LogP contribution in [-0.2, 0) is 4.79 Å². The van der Waals surface area contributed by atoms with Gasteiger partial charge in [-0.05, 0) is 46.8 Å². The lowest BCUT2D eigenvalue weighted by Gasteiger charge is -2.35. The van der Waals surface area contributed by atoms with E-state index in [-0.39, 0.29) is 0 Å². The van der Waals surface area contributed by atoms with Crippen LogP contribution in [0.5, 0.6) is 0 Å². The molecular weight excluding hydrogens is 200 g/mol. The summed E-state index contributed by atoms with van der Waals surface area (Å²) < 4.78 is 0. The number of rotatable bonds is 4. The van der Waals surface area contributed by atoms with Gasteiger partial charge in [0.1, 0.15) is 5.78 Å². The van der Waals surface area contributed by atoms with Gasteiger partial charge in [0.05, 0.1) is 0 Å². The van der Waals surface area contributed by atoms with E-state index in [1.54, 1.807) is 0 Å². The lowest BCUT2D eigenvalue weighted by Crippen LogP contribution is -2.42. The van der Waals surface area contributed by atoms with E-state index >= 15 is 0 Å². The van der Waals surface area contributed by atoms with E-state index in [1.807, 2.05) is 14.1 Å². The molecule has 0 spiro atoms. The Kier molecular flexibility index (Phi) is 3.65. The largest absolute Gasteiger partial charge is 0.309 e. The van der Waals surface area contributed by atoms with Crippen molar-refractivity contribution in [2.24, 2.45) is 5.92 Å². The molecule has 2 bridgehead atoms. The van der Waals surface area contributed by atoms with Crippen LogP contribution >= 0.6 is 0 Å². The first kappa shape index (κ1) is 12.1. The molecule has 0 saturated carbocycles. The number of ketones is 1. The minimum atomic E-state index is 0.355. The van der Waals surface area contributed by atoms with Crippen LogP contribution in [0.2, 0.25) is 0 Å². The van der Waals surface area contributed by atoms with Crippen LogP contribution in [0.25, 0.3) is 0 Å². The number of fused-ring (bicyclic) bond motifs is 2. The fraction of sp³-hybridized carbons (Fsp3) is 0.923. The Bertz CT molecular complexity index is 251. The molecule has 0 aliphatic carbocycles. The Balaban J connectivity index is 1.85. The second-order valence-corrected chi connectivity index (χ2v) is 5.74. The smallest absolute Gasteiger partial charge is 0.137 e. The van der Waals surface area contributed by atoms with Crippen molar-refractivity contribution in [1.29, 1.82) is 0 Å². The molecule has 0 aromatic heterocycles. The number of hydrogen-bond donors (Lipinski definition) is 0. The van der Waals surface area contributed by atoms with E-state index in [0.717, 1.165) is 25.8 Å². The Morgan fingerprint density at radius 2 is 1.81 bits per heavy atom. The molecule has 2 atom stereocenters. The Morgan fingerprint density at radius 1 is 1.25 bits per heavy atom. The minimum absolute atomic E-state index is 0.355. The molecule has 2 fully saturated rings. The van der Waals surface area contributed by atoms with E-state index in [4.69, 9.17) is 0 Å². The van der Waals surface area contributed by atoms with Crippen molar-refractivity contribution in [1.82, 2.24) is 9.80 Å². The van der Waals surface area contributed by atoms with Gasteiger partial charge < -0.3 is 9.80 Å². The van der Waals surface area contributed by atoms with Gasteiger partial charge in [-0.3, -0.25) is 4.79 Å². The average Bonchev–Trinajstić information content (AvgIpc) is 2.50. The van der Waals surface area contributed by atoms with Crippen LogP contribution in [0.3, 0.4) is 0 Å². The third-order valence-corrected chi connectivity index (χ3v) is 4.36. The van der Waals surface area contributed by atoms with E-state index < -0.39 is 0 Å². The SMILES string of the molecule is CN(C)CCC(=O)C1CC2CCC(C1)N2C. The fourth-order valence-electron chi connectivity index (χ4n) is 3.21. The van der Waals surface area contributed by atoms with Crippen molar-refractivity contribution >= 4 is 5.78 Å². The highest BCUT2D eigenvalue weighted by Crippen LogP contribution is 2.37. The normalized spacial score (nSPS) is 34.6. The van der Waals surface area contributed by atoms with Gasteiger partial charge in [0.15, 0.2) is 0 Å². The number of Topliss-reactive ketones (excluding diaryl/α,β-unsaturated/α-hetero) is 1. The number of hydrogen-bond acceptors (Lipinski definition) is 3. The van der Waals surface area contributed by atoms with Gasteiger partial charge in [0, 0.05) is 31.0 Å². The lowest BCUT2D eigenvalue weighted by atomic mass is 9.86. The molecule has 0 aromatic carbocycles. The molecule has 92 valence electrons. The monoisotopic (exact) mass is 224 g/mol. The molecule has 2 saturated heterocycles. The maximum Gasteiger partial charge on any atom is 0.137 e. The number of carbonyl (C=O) groups is 1. The topological polar surface area (TPSA) is 23.6 Å². The summed E-state index contributed by atoms with van der Waals surface area (Å²) in [6, 6.07) is 1.37. The first-order chi connectivity index (χ1) is 7.58. The zero-order valence-corrected chi connectivity index (χ0v) is 10.8. The summed E-state index contributed by atoms with van der Waals surface area (Å²) in [4.78, 5) is 16.7. The van der Waals surface area contributed by atoms with Crippen molar-refractivity contribution in [2.45, 2.75) is 44.2 Å². The number of piperidine rings is 1. The van der Waals surface area contributed by atoms with Gasteiger partial charge in [-0.2, -0.15) is 0 Å². The van der Waals surface area contributed by atoms with Gasteiger partial charge in [0.25, 0.3) is 0 Å². The van der Waals surface area contributed by atoms with Crippen molar-refractivity contribution in [3.05, 3.63) is 0 Å². The van der Waals surface area contributed by atoms with Gasteiger partial charge >= 0.3 is 0 Å². The molecule has 2 unspecified atom stereocenters. The summed E-state index contributed by atoms with van der Waals surface area (Å²) in [5.41, 5.74) is 0. The van der Waals surface area contributed by atoms with Gasteiger partial charge in [0.2, 0.25) is 0 Å². The maximum atomic E-state index is 12.1. The Hall–Kier alpha value is -0.410. The maximum absolute atomic E-state index is 12.1. The molecule has 2 aliphatic heterocycles. The predicted octanol–water partition coefficient (Wildman–Crippen LogP) is 1.38. The van der Waals surface area contributed by atoms with Crippen molar-refractivity contribution < 1.29 is 4.79 Å². The van der Waals surface area contributed by atoms with Gasteiger partial charge in [-0.15, -0.1) is 0 Å². The molecule has 2 rings (SSSR count). The minimum Gasteiger partial charge on any atom is -0.309 e. The molecule has 0 aromatic rings. The standard InChI is InChI=1S/C13H24N2O/c1-14(2)7-6-13(16)10-8-11-4-5-12(9-10)15(11)3/h10-12H,4-9H2,1-3H3. The number of nitrogens with zero attached hydrogens (tertiary/aromatic N) is 2. The quantitative estimate of drug-likeness (QED) is 0.721. The van der Waals surface area contributed by atoms with Crippen LogP contribution in [0.4, 0.5) is 0 Å². The first-order valence-corrected chi connectivity index (χ1v) is 6.47. The molecule has 2 aliphatic rings. The summed E-state index contributed by atoms with van der Waals surface area (Å²) in [7, 11) is 6.29. The third-order valence-electron chi connectivity index (χ3n) is 4.36. The molecular formula is C13H24N2O. The van der Waals surface area contributed by atoms with E-state index in [0.29, 0.717) is 23.8 Å². The molecule has 3 nitrogen and oxygen atoms in total. The zero-order chi connectivity index (χ0) is 11.7. The molecule has 0 N–H and O–H groups in total. The highest BCUT2D eigenvalue weighted by molar-refractivity contribution is 5.81. The summed E-state index contributed by atoms with van der Waals surface area (Å²) >= 11 is 0. The van der Waals surface area contributed by atoms with Crippen molar-refractivity contribution in [3.63, 3.8) is 0 Å². The Morgan fingerprint density at radius 3 is 2.31 bits per heavy atom. The molecule has 0 amide bonds. The summed E-state index contributed by atoms with van der Waals surface area (Å²) in [6.07, 6.45) is 5.57. The number of carbonyl (C=O) groups excluding carboxylic acids is 1. The average molecular weight is 224 g/mol. The second-order valence-electron chi connectivity index (χ2n) is 5.74. The molecule has 2 heterocycles. The Labute approximate surface area is 98.8 Å². The van der Waals surface area contributed by atoms with Crippen LogP contribution in [-0.4, -0.2) is 55.4 Å². The highest BCUT2D eigenvalue weighted by atomic mass is 16.1. The van der Waals surface area contributed by atoms with Crippen molar-refractivity contribution in [3.8, 4) is 0 Å². The van der Waals surface area contributed by atoms with Crippen LogP contribution in [0, 0.1) is 5.92 Å².